The topological polar surface area (TPSA) is 42.4 Å². The van der Waals surface area contributed by atoms with Crippen molar-refractivity contribution in [2.75, 3.05) is 23.8 Å². The summed E-state index contributed by atoms with van der Waals surface area (Å²) < 4.78 is 6.78. The molecule has 4 nitrogen and oxygen atoms in total. The van der Waals surface area contributed by atoms with Gasteiger partial charge >= 0.3 is 0 Å². The Hall–Kier alpha value is -1.60. The van der Waals surface area contributed by atoms with Crippen molar-refractivity contribution in [3.8, 4) is 0 Å². The molecule has 2 heterocycles. The number of thiazole rings is 1. The lowest BCUT2D eigenvalue weighted by Gasteiger charge is -2.23. The van der Waals surface area contributed by atoms with E-state index < -0.39 is 0 Å². The summed E-state index contributed by atoms with van der Waals surface area (Å²) in [5, 5.41) is 1.27. The van der Waals surface area contributed by atoms with E-state index in [0.29, 0.717) is 22.3 Å². The first-order valence-corrected chi connectivity index (χ1v) is 11.5. The SMILES string of the molecule is CCSc1cccc(C(=O)N(CC2CCCO2)c2nc3c(Cl)cccc3s2)c1. The predicted molar refractivity (Wildman–Crippen MR) is 118 cm³/mol. The van der Waals surface area contributed by atoms with E-state index in [1.165, 1.54) is 11.3 Å². The second kappa shape index (κ2) is 8.82. The average molecular weight is 433 g/mol. The van der Waals surface area contributed by atoms with E-state index in [1.54, 1.807) is 16.7 Å². The number of benzene rings is 2. The Morgan fingerprint density at radius 2 is 2.21 bits per heavy atom. The summed E-state index contributed by atoms with van der Waals surface area (Å²) in [6.07, 6.45) is 2.03. The highest BCUT2D eigenvalue weighted by Gasteiger charge is 2.27. The summed E-state index contributed by atoms with van der Waals surface area (Å²) in [5.74, 6) is 0.914. The van der Waals surface area contributed by atoms with Crippen LogP contribution in [0.5, 0.6) is 0 Å². The number of rotatable bonds is 6. The van der Waals surface area contributed by atoms with E-state index >= 15 is 0 Å². The van der Waals surface area contributed by atoms with Gasteiger partial charge in [0.1, 0.15) is 5.52 Å². The third-order valence-corrected chi connectivity index (χ3v) is 6.86. The minimum Gasteiger partial charge on any atom is -0.376 e. The van der Waals surface area contributed by atoms with Gasteiger partial charge in [-0.2, -0.15) is 0 Å². The largest absolute Gasteiger partial charge is 0.376 e. The molecule has 0 radical (unpaired) electrons. The third-order valence-electron chi connectivity index (χ3n) is 4.64. The molecule has 1 atom stereocenters. The molecule has 1 amide bonds. The maximum atomic E-state index is 13.4. The fourth-order valence-corrected chi connectivity index (χ4v) is 5.29. The van der Waals surface area contributed by atoms with Crippen LogP contribution in [-0.4, -0.2) is 35.9 Å². The Morgan fingerprint density at radius 1 is 1.36 bits per heavy atom. The lowest BCUT2D eigenvalue weighted by Crippen LogP contribution is -2.37. The van der Waals surface area contributed by atoms with E-state index in [1.807, 2.05) is 42.5 Å². The van der Waals surface area contributed by atoms with Gasteiger partial charge in [0.15, 0.2) is 5.13 Å². The number of hydrogen-bond donors (Lipinski definition) is 0. The zero-order valence-electron chi connectivity index (χ0n) is 15.6. The number of fused-ring (bicyclic) bond motifs is 1. The van der Waals surface area contributed by atoms with Crippen LogP contribution >= 0.6 is 34.7 Å². The molecule has 2 aromatic carbocycles. The highest BCUT2D eigenvalue weighted by molar-refractivity contribution is 7.99. The first-order valence-electron chi connectivity index (χ1n) is 9.37. The number of thioether (sulfide) groups is 1. The fourth-order valence-electron chi connectivity index (χ4n) is 3.30. The van der Waals surface area contributed by atoms with Crippen molar-refractivity contribution in [1.29, 1.82) is 0 Å². The van der Waals surface area contributed by atoms with E-state index in [9.17, 15) is 4.79 Å². The van der Waals surface area contributed by atoms with E-state index in [-0.39, 0.29) is 12.0 Å². The van der Waals surface area contributed by atoms with Crippen molar-refractivity contribution >= 4 is 56.0 Å². The molecule has 4 rings (SSSR count). The number of aromatic nitrogens is 1. The van der Waals surface area contributed by atoms with Crippen LogP contribution in [-0.2, 0) is 4.74 Å². The second-order valence-corrected chi connectivity index (χ2v) is 9.35. The van der Waals surface area contributed by atoms with Gasteiger partial charge in [0, 0.05) is 17.1 Å². The van der Waals surface area contributed by atoms with Crippen molar-refractivity contribution in [3.05, 3.63) is 53.1 Å². The van der Waals surface area contributed by atoms with Crippen LogP contribution in [0.3, 0.4) is 0 Å². The van der Waals surface area contributed by atoms with Crippen LogP contribution in [0.1, 0.15) is 30.1 Å². The first kappa shape index (κ1) is 19.7. The second-order valence-electron chi connectivity index (χ2n) is 6.59. The zero-order valence-corrected chi connectivity index (χ0v) is 17.9. The number of ether oxygens (including phenoxy) is 1. The fraction of sp³-hybridized carbons (Fsp3) is 0.333. The van der Waals surface area contributed by atoms with Crippen molar-refractivity contribution in [2.24, 2.45) is 0 Å². The Morgan fingerprint density at radius 3 is 2.96 bits per heavy atom. The maximum Gasteiger partial charge on any atom is 0.260 e. The van der Waals surface area contributed by atoms with Gasteiger partial charge in [-0.1, -0.05) is 42.0 Å². The summed E-state index contributed by atoms with van der Waals surface area (Å²) >= 11 is 9.53. The number of amides is 1. The number of hydrogen-bond acceptors (Lipinski definition) is 5. The Balaban J connectivity index is 1.70. The predicted octanol–water partition coefficient (Wildman–Crippen LogP) is 5.89. The van der Waals surface area contributed by atoms with E-state index in [0.717, 1.165) is 40.3 Å². The molecule has 1 aliphatic heterocycles. The van der Waals surface area contributed by atoms with E-state index in [2.05, 4.69) is 6.92 Å². The van der Waals surface area contributed by atoms with Gasteiger partial charge in [0.25, 0.3) is 5.91 Å². The quantitative estimate of drug-likeness (QED) is 0.455. The smallest absolute Gasteiger partial charge is 0.260 e. The number of para-hydroxylation sites is 1. The number of anilines is 1. The normalized spacial score (nSPS) is 16.6. The minimum atomic E-state index is -0.0516. The number of nitrogens with zero attached hydrogens (tertiary/aromatic N) is 2. The molecule has 1 aliphatic rings. The van der Waals surface area contributed by atoms with E-state index in [4.69, 9.17) is 21.3 Å². The molecule has 0 saturated carbocycles. The van der Waals surface area contributed by atoms with Gasteiger partial charge in [-0.05, 0) is 48.9 Å². The Kier molecular flexibility index (Phi) is 6.21. The Labute approximate surface area is 177 Å². The standard InChI is InChI=1S/C21H21ClN2O2S2/c1-2-27-16-8-3-6-14(12-16)20(25)24(13-15-7-5-11-26-15)21-23-19-17(22)9-4-10-18(19)28-21/h3-4,6,8-10,12,15H,2,5,7,11,13H2,1H3. The van der Waals surface area contributed by atoms with Crippen molar-refractivity contribution in [1.82, 2.24) is 4.98 Å². The number of halogens is 1. The van der Waals surface area contributed by atoms with Gasteiger partial charge in [-0.3, -0.25) is 9.69 Å². The van der Waals surface area contributed by atoms with Crippen LogP contribution < -0.4 is 4.90 Å². The highest BCUT2D eigenvalue weighted by Crippen LogP contribution is 2.34. The molecule has 0 N–H and O–H groups in total. The molecular weight excluding hydrogens is 412 g/mol. The molecule has 7 heteroatoms. The molecule has 146 valence electrons. The van der Waals surface area contributed by atoms with Crippen LogP contribution in [0.2, 0.25) is 5.02 Å². The molecule has 1 saturated heterocycles. The number of carbonyl (C=O) groups excluding carboxylic acids is 1. The molecule has 1 fully saturated rings. The molecule has 0 aliphatic carbocycles. The molecule has 28 heavy (non-hydrogen) atoms. The van der Waals surface area contributed by atoms with Gasteiger partial charge in [-0.15, -0.1) is 11.8 Å². The third kappa shape index (κ3) is 4.20. The molecular formula is C21H21ClN2O2S2. The lowest BCUT2D eigenvalue weighted by atomic mass is 10.2. The van der Waals surface area contributed by atoms with Crippen LogP contribution in [0.4, 0.5) is 5.13 Å². The summed E-state index contributed by atoms with van der Waals surface area (Å²) in [7, 11) is 0. The maximum absolute atomic E-state index is 13.4. The Bertz CT molecular complexity index is 985. The summed E-state index contributed by atoms with van der Waals surface area (Å²) in [6, 6.07) is 13.5. The van der Waals surface area contributed by atoms with Crippen LogP contribution in [0.15, 0.2) is 47.4 Å². The summed E-state index contributed by atoms with van der Waals surface area (Å²) in [6.45, 7) is 3.36. The first-order chi connectivity index (χ1) is 13.7. The molecule has 0 spiro atoms. The lowest BCUT2D eigenvalue weighted by molar-refractivity contribution is 0.0917. The van der Waals surface area contributed by atoms with Crippen molar-refractivity contribution in [2.45, 2.75) is 30.8 Å². The minimum absolute atomic E-state index is 0.0413. The van der Waals surface area contributed by atoms with Crippen LogP contribution in [0, 0.1) is 0 Å². The zero-order chi connectivity index (χ0) is 19.5. The molecule has 1 unspecified atom stereocenters. The van der Waals surface area contributed by atoms with Crippen molar-refractivity contribution < 1.29 is 9.53 Å². The average Bonchev–Trinajstić information content (AvgIpc) is 3.36. The van der Waals surface area contributed by atoms with Crippen molar-refractivity contribution in [3.63, 3.8) is 0 Å². The number of carbonyl (C=O) groups is 1. The van der Waals surface area contributed by atoms with Gasteiger partial charge < -0.3 is 4.74 Å². The summed E-state index contributed by atoms with van der Waals surface area (Å²) in [4.78, 5) is 21.0. The molecule has 3 aromatic rings. The monoisotopic (exact) mass is 432 g/mol. The van der Waals surface area contributed by atoms with Gasteiger partial charge in [-0.25, -0.2) is 4.98 Å². The van der Waals surface area contributed by atoms with Gasteiger partial charge in [0.05, 0.1) is 22.4 Å². The van der Waals surface area contributed by atoms with Crippen LogP contribution in [0.25, 0.3) is 10.2 Å². The highest BCUT2D eigenvalue weighted by atomic mass is 35.5. The molecule has 0 bridgehead atoms. The summed E-state index contributed by atoms with van der Waals surface area (Å²) in [5.41, 5.74) is 1.41. The van der Waals surface area contributed by atoms with Gasteiger partial charge in [0.2, 0.25) is 0 Å². The molecule has 1 aromatic heterocycles.